The van der Waals surface area contributed by atoms with Crippen LogP contribution in [0.4, 0.5) is 11.4 Å². The number of hydrogen-bond donors (Lipinski definition) is 3. The van der Waals surface area contributed by atoms with E-state index in [1.54, 1.807) is 24.3 Å². The summed E-state index contributed by atoms with van der Waals surface area (Å²) in [6.07, 6.45) is 1.43. The number of benzene rings is 1. The monoisotopic (exact) mass is 349 g/mol. The largest absolute Gasteiger partial charge is 0.494 e. The minimum Gasteiger partial charge on any atom is -0.494 e. The molecule has 0 bridgehead atoms. The normalized spacial score (nSPS) is 9.96. The number of nitrogens with one attached hydrogen (secondary N) is 3. The van der Waals surface area contributed by atoms with E-state index in [0.717, 1.165) is 0 Å². The average Bonchev–Trinajstić information content (AvgIpc) is 3.10. The zero-order chi connectivity index (χ0) is 17.5. The number of carbonyl (C=O) groups is 1. The predicted molar refractivity (Wildman–Crippen MR) is 96.1 cm³/mol. The van der Waals surface area contributed by atoms with Gasteiger partial charge >= 0.3 is 0 Å². The van der Waals surface area contributed by atoms with E-state index < -0.39 is 0 Å². The molecule has 2 rings (SSSR count). The van der Waals surface area contributed by atoms with E-state index in [4.69, 9.17) is 26.1 Å². The summed E-state index contributed by atoms with van der Waals surface area (Å²) in [5.41, 5.74) is 1.08. The number of amides is 1. The maximum absolute atomic E-state index is 12.1. The molecule has 1 amide bonds. The molecule has 7 nitrogen and oxygen atoms in total. The summed E-state index contributed by atoms with van der Waals surface area (Å²) >= 11 is 5.18. The Bertz CT molecular complexity index is 716. The highest BCUT2D eigenvalue weighted by atomic mass is 32.1. The zero-order valence-corrected chi connectivity index (χ0v) is 14.5. The van der Waals surface area contributed by atoms with Crippen molar-refractivity contribution in [3.05, 3.63) is 36.3 Å². The van der Waals surface area contributed by atoms with Gasteiger partial charge in [0.15, 0.2) is 10.9 Å². The van der Waals surface area contributed by atoms with Crippen LogP contribution in [0, 0.1) is 0 Å². The fourth-order valence-electron chi connectivity index (χ4n) is 2.01. The standard InChI is InChI=1S/C16H19N3O4S/c1-4-17-16(24)19-11-9-13(21-2)10(8-14(11)22-3)18-15(20)12-6-5-7-23-12/h5-9H,4H2,1-3H3,(H,18,20)(H2,17,19,24). The Balaban J connectivity index is 2.28. The summed E-state index contributed by atoms with van der Waals surface area (Å²) in [6, 6.07) is 6.56. The quantitative estimate of drug-likeness (QED) is 0.692. The van der Waals surface area contributed by atoms with Gasteiger partial charge in [-0.25, -0.2) is 0 Å². The van der Waals surface area contributed by atoms with Gasteiger partial charge in [-0.15, -0.1) is 0 Å². The molecule has 0 aliphatic heterocycles. The third-order valence-electron chi connectivity index (χ3n) is 3.10. The third kappa shape index (κ3) is 4.17. The first kappa shape index (κ1) is 17.6. The third-order valence-corrected chi connectivity index (χ3v) is 3.35. The molecule has 0 spiro atoms. The van der Waals surface area contributed by atoms with Crippen molar-refractivity contribution < 1.29 is 18.7 Å². The van der Waals surface area contributed by atoms with Crippen LogP contribution in [0.15, 0.2) is 34.9 Å². The van der Waals surface area contributed by atoms with Crippen molar-refractivity contribution in [3.8, 4) is 11.5 Å². The Labute approximate surface area is 145 Å². The molecule has 0 fully saturated rings. The van der Waals surface area contributed by atoms with Crippen molar-refractivity contribution in [1.82, 2.24) is 5.32 Å². The Hall–Kier alpha value is -2.74. The van der Waals surface area contributed by atoms with Crippen molar-refractivity contribution in [2.75, 3.05) is 31.4 Å². The highest BCUT2D eigenvalue weighted by molar-refractivity contribution is 7.80. The van der Waals surface area contributed by atoms with Crippen LogP contribution in [0.2, 0.25) is 0 Å². The Morgan fingerprint density at radius 2 is 1.79 bits per heavy atom. The number of anilines is 2. The van der Waals surface area contributed by atoms with Crippen molar-refractivity contribution in [2.24, 2.45) is 0 Å². The lowest BCUT2D eigenvalue weighted by Crippen LogP contribution is -2.28. The van der Waals surface area contributed by atoms with Crippen LogP contribution in [0.1, 0.15) is 17.5 Å². The van der Waals surface area contributed by atoms with E-state index in [1.165, 1.54) is 20.5 Å². The molecule has 128 valence electrons. The van der Waals surface area contributed by atoms with E-state index >= 15 is 0 Å². The zero-order valence-electron chi connectivity index (χ0n) is 13.6. The van der Waals surface area contributed by atoms with Gasteiger partial charge in [0.25, 0.3) is 5.91 Å². The second kappa shape index (κ2) is 8.21. The molecule has 0 atom stereocenters. The molecule has 3 N–H and O–H groups in total. The fourth-order valence-corrected chi connectivity index (χ4v) is 2.27. The van der Waals surface area contributed by atoms with E-state index in [1.807, 2.05) is 6.92 Å². The highest BCUT2D eigenvalue weighted by Crippen LogP contribution is 2.36. The molecular formula is C16H19N3O4S. The van der Waals surface area contributed by atoms with Crippen LogP contribution in [-0.2, 0) is 0 Å². The Morgan fingerprint density at radius 3 is 2.29 bits per heavy atom. The number of ether oxygens (including phenoxy) is 2. The van der Waals surface area contributed by atoms with Crippen LogP contribution in [0.25, 0.3) is 0 Å². The van der Waals surface area contributed by atoms with Gasteiger partial charge in [-0.3, -0.25) is 4.79 Å². The van der Waals surface area contributed by atoms with Gasteiger partial charge in [-0.1, -0.05) is 0 Å². The van der Waals surface area contributed by atoms with Crippen molar-refractivity contribution in [2.45, 2.75) is 6.92 Å². The molecule has 24 heavy (non-hydrogen) atoms. The second-order valence-electron chi connectivity index (χ2n) is 4.67. The van der Waals surface area contributed by atoms with Gasteiger partial charge in [0.1, 0.15) is 11.5 Å². The first-order valence-electron chi connectivity index (χ1n) is 7.24. The molecular weight excluding hydrogens is 330 g/mol. The number of thiocarbonyl (C=S) groups is 1. The molecule has 1 aromatic carbocycles. The fraction of sp³-hybridized carbons (Fsp3) is 0.250. The molecule has 0 saturated heterocycles. The summed E-state index contributed by atoms with van der Waals surface area (Å²) in [4.78, 5) is 12.1. The smallest absolute Gasteiger partial charge is 0.291 e. The van der Waals surface area contributed by atoms with Gasteiger partial charge < -0.3 is 29.8 Å². The maximum atomic E-state index is 12.1. The lowest BCUT2D eigenvalue weighted by Gasteiger charge is -2.17. The molecule has 0 aliphatic rings. The Morgan fingerprint density at radius 1 is 1.17 bits per heavy atom. The van der Waals surface area contributed by atoms with Crippen LogP contribution < -0.4 is 25.4 Å². The summed E-state index contributed by atoms with van der Waals surface area (Å²) in [5, 5.41) is 9.21. The topological polar surface area (TPSA) is 84.8 Å². The molecule has 0 aliphatic carbocycles. The van der Waals surface area contributed by atoms with Gasteiger partial charge in [-0.05, 0) is 31.3 Å². The molecule has 8 heteroatoms. The van der Waals surface area contributed by atoms with E-state index in [-0.39, 0.29) is 11.7 Å². The second-order valence-corrected chi connectivity index (χ2v) is 5.08. The first-order chi connectivity index (χ1) is 11.6. The van der Waals surface area contributed by atoms with Gasteiger partial charge in [0.05, 0.1) is 31.9 Å². The van der Waals surface area contributed by atoms with Crippen molar-refractivity contribution in [3.63, 3.8) is 0 Å². The highest BCUT2D eigenvalue weighted by Gasteiger charge is 2.16. The van der Waals surface area contributed by atoms with E-state index in [9.17, 15) is 4.79 Å². The van der Waals surface area contributed by atoms with Gasteiger partial charge in [0.2, 0.25) is 0 Å². The lowest BCUT2D eigenvalue weighted by atomic mass is 10.2. The predicted octanol–water partition coefficient (Wildman–Crippen LogP) is 2.86. The van der Waals surface area contributed by atoms with Crippen molar-refractivity contribution >= 4 is 34.6 Å². The maximum Gasteiger partial charge on any atom is 0.291 e. The minimum atomic E-state index is -0.385. The summed E-state index contributed by atoms with van der Waals surface area (Å²) < 4.78 is 15.8. The summed E-state index contributed by atoms with van der Waals surface area (Å²) in [7, 11) is 3.04. The number of carbonyl (C=O) groups excluding carboxylic acids is 1. The number of furan rings is 1. The molecule has 0 saturated carbocycles. The van der Waals surface area contributed by atoms with Crippen LogP contribution in [0.5, 0.6) is 11.5 Å². The molecule has 0 radical (unpaired) electrons. The lowest BCUT2D eigenvalue weighted by molar-refractivity contribution is 0.0996. The average molecular weight is 349 g/mol. The van der Waals surface area contributed by atoms with E-state index in [0.29, 0.717) is 34.5 Å². The molecule has 2 aromatic rings. The minimum absolute atomic E-state index is 0.201. The van der Waals surface area contributed by atoms with Gasteiger partial charge in [0, 0.05) is 18.7 Å². The van der Waals surface area contributed by atoms with Crippen LogP contribution in [0.3, 0.4) is 0 Å². The van der Waals surface area contributed by atoms with Crippen LogP contribution in [-0.4, -0.2) is 31.8 Å². The molecule has 1 aromatic heterocycles. The number of rotatable bonds is 6. The Kier molecular flexibility index (Phi) is 6.02. The summed E-state index contributed by atoms with van der Waals surface area (Å²) in [5.74, 6) is 0.777. The van der Waals surface area contributed by atoms with Crippen molar-refractivity contribution in [1.29, 1.82) is 0 Å². The number of methoxy groups -OCH3 is 2. The van der Waals surface area contributed by atoms with E-state index in [2.05, 4.69) is 16.0 Å². The van der Waals surface area contributed by atoms with Crippen LogP contribution >= 0.6 is 12.2 Å². The number of hydrogen-bond acceptors (Lipinski definition) is 5. The SMILES string of the molecule is CCNC(=S)Nc1cc(OC)c(NC(=O)c2ccco2)cc1OC. The molecule has 0 unspecified atom stereocenters. The summed E-state index contributed by atoms with van der Waals surface area (Å²) in [6.45, 7) is 2.64. The first-order valence-corrected chi connectivity index (χ1v) is 7.65. The molecule has 1 heterocycles. The van der Waals surface area contributed by atoms with Gasteiger partial charge in [-0.2, -0.15) is 0 Å².